The van der Waals surface area contributed by atoms with E-state index in [4.69, 9.17) is 4.74 Å². The number of thiol groups is 1. The number of halogens is 1. The highest BCUT2D eigenvalue weighted by Crippen LogP contribution is 2.27. The third-order valence-electron chi connectivity index (χ3n) is 1.23. The Balaban J connectivity index is 3.00. The molecule has 0 aliphatic heterocycles. The van der Waals surface area contributed by atoms with Crippen LogP contribution in [0.2, 0.25) is 0 Å². The lowest BCUT2D eigenvalue weighted by atomic mass is 10.3. The Morgan fingerprint density at radius 1 is 1.55 bits per heavy atom. The van der Waals surface area contributed by atoms with Crippen molar-refractivity contribution in [1.29, 1.82) is 0 Å². The van der Waals surface area contributed by atoms with Gasteiger partial charge >= 0.3 is 0 Å². The summed E-state index contributed by atoms with van der Waals surface area (Å²) < 4.78 is 6.49. The first-order valence-corrected chi connectivity index (χ1v) is 4.88. The molecule has 1 nitrogen and oxygen atoms in total. The average molecular weight is 280 g/mol. The molecule has 0 aliphatic rings. The van der Waals surface area contributed by atoms with Crippen LogP contribution >= 0.6 is 35.2 Å². The molecule has 0 unspecified atom stereocenters. The van der Waals surface area contributed by atoms with Crippen LogP contribution in [0.15, 0.2) is 23.1 Å². The summed E-state index contributed by atoms with van der Waals surface area (Å²) in [6, 6.07) is 5.90. The molecule has 1 rings (SSSR count). The summed E-state index contributed by atoms with van der Waals surface area (Å²) in [6.45, 7) is 2.66. The summed E-state index contributed by atoms with van der Waals surface area (Å²) >= 11 is 6.51. The number of hydrogen-bond acceptors (Lipinski definition) is 2. The molecule has 0 aromatic heterocycles. The van der Waals surface area contributed by atoms with Crippen LogP contribution in [0.1, 0.15) is 6.92 Å². The monoisotopic (exact) mass is 280 g/mol. The number of rotatable bonds is 2. The van der Waals surface area contributed by atoms with Gasteiger partial charge in [-0.2, -0.15) is 0 Å². The number of para-hydroxylation sites is 1. The lowest BCUT2D eigenvalue weighted by Crippen LogP contribution is -1.94. The molecular weight excluding hydrogens is 271 g/mol. The fraction of sp³-hybridized carbons (Fsp3) is 0.250. The Morgan fingerprint density at radius 3 is 2.82 bits per heavy atom. The minimum Gasteiger partial charge on any atom is -0.492 e. The van der Waals surface area contributed by atoms with Gasteiger partial charge in [-0.25, -0.2) is 0 Å². The van der Waals surface area contributed by atoms with Crippen molar-refractivity contribution in [1.82, 2.24) is 0 Å². The second-order valence-electron chi connectivity index (χ2n) is 2.02. The van der Waals surface area contributed by atoms with Gasteiger partial charge in [0.1, 0.15) is 5.75 Å². The molecule has 3 heteroatoms. The second kappa shape index (κ2) is 4.21. The highest BCUT2D eigenvalue weighted by Gasteiger charge is 2.02. The van der Waals surface area contributed by atoms with Crippen LogP contribution in [0, 0.1) is 3.57 Å². The molecular formula is C8H9IOS. The van der Waals surface area contributed by atoms with Crippen LogP contribution in [0.3, 0.4) is 0 Å². The SMILES string of the molecule is CCOc1c(S)cccc1I. The molecule has 0 amide bonds. The van der Waals surface area contributed by atoms with E-state index in [9.17, 15) is 0 Å². The molecule has 1 aromatic rings. The topological polar surface area (TPSA) is 9.23 Å². The Labute approximate surface area is 85.7 Å². The maximum Gasteiger partial charge on any atom is 0.145 e. The van der Waals surface area contributed by atoms with Gasteiger partial charge in [-0.3, -0.25) is 0 Å². The van der Waals surface area contributed by atoms with E-state index in [0.29, 0.717) is 6.61 Å². The minimum atomic E-state index is 0.688. The van der Waals surface area contributed by atoms with E-state index < -0.39 is 0 Å². The van der Waals surface area contributed by atoms with Crippen molar-refractivity contribution in [3.8, 4) is 5.75 Å². The van der Waals surface area contributed by atoms with Gasteiger partial charge in [0, 0.05) is 4.90 Å². The molecule has 0 radical (unpaired) electrons. The van der Waals surface area contributed by atoms with Gasteiger partial charge in [0.2, 0.25) is 0 Å². The molecule has 0 heterocycles. The van der Waals surface area contributed by atoms with Gasteiger partial charge in [0.15, 0.2) is 0 Å². The Hall–Kier alpha value is 0.100. The molecule has 0 atom stereocenters. The van der Waals surface area contributed by atoms with E-state index in [1.54, 1.807) is 0 Å². The summed E-state index contributed by atoms with van der Waals surface area (Å²) in [4.78, 5) is 0.902. The van der Waals surface area contributed by atoms with Crippen LogP contribution in [-0.2, 0) is 0 Å². The highest BCUT2D eigenvalue weighted by molar-refractivity contribution is 14.1. The normalized spacial score (nSPS) is 9.73. The fourth-order valence-corrected chi connectivity index (χ4v) is 1.92. The first kappa shape index (κ1) is 9.19. The average Bonchev–Trinajstić information content (AvgIpc) is 1.97. The number of ether oxygens (including phenoxy) is 1. The Kier molecular flexibility index (Phi) is 3.51. The first-order valence-electron chi connectivity index (χ1n) is 3.36. The van der Waals surface area contributed by atoms with Gasteiger partial charge < -0.3 is 4.74 Å². The van der Waals surface area contributed by atoms with E-state index in [2.05, 4.69) is 35.2 Å². The predicted molar refractivity (Wildman–Crippen MR) is 57.6 cm³/mol. The maximum absolute atomic E-state index is 5.38. The molecule has 0 saturated carbocycles. The smallest absolute Gasteiger partial charge is 0.145 e. The van der Waals surface area contributed by atoms with E-state index in [1.807, 2.05) is 25.1 Å². The fourth-order valence-electron chi connectivity index (χ4n) is 0.785. The summed E-state index contributed by atoms with van der Waals surface area (Å²) in [7, 11) is 0. The van der Waals surface area contributed by atoms with Crippen LogP contribution in [-0.4, -0.2) is 6.61 Å². The zero-order valence-corrected chi connectivity index (χ0v) is 9.22. The summed E-state index contributed by atoms with van der Waals surface area (Å²) in [5.41, 5.74) is 0. The zero-order valence-electron chi connectivity index (χ0n) is 6.17. The third-order valence-corrected chi connectivity index (χ3v) is 2.44. The molecule has 60 valence electrons. The van der Waals surface area contributed by atoms with E-state index in [-0.39, 0.29) is 0 Å². The maximum atomic E-state index is 5.38. The molecule has 0 saturated heterocycles. The molecule has 0 bridgehead atoms. The molecule has 11 heavy (non-hydrogen) atoms. The first-order chi connectivity index (χ1) is 5.25. The zero-order chi connectivity index (χ0) is 8.27. The Morgan fingerprint density at radius 2 is 2.27 bits per heavy atom. The van der Waals surface area contributed by atoms with Crippen molar-refractivity contribution < 1.29 is 4.74 Å². The van der Waals surface area contributed by atoms with Gasteiger partial charge in [-0.15, -0.1) is 12.6 Å². The van der Waals surface area contributed by atoms with E-state index in [0.717, 1.165) is 14.2 Å². The van der Waals surface area contributed by atoms with E-state index >= 15 is 0 Å². The van der Waals surface area contributed by atoms with Crippen molar-refractivity contribution in [3.05, 3.63) is 21.8 Å². The molecule has 0 aliphatic carbocycles. The number of benzene rings is 1. The van der Waals surface area contributed by atoms with Crippen molar-refractivity contribution >= 4 is 35.2 Å². The van der Waals surface area contributed by atoms with Crippen LogP contribution < -0.4 is 4.74 Å². The van der Waals surface area contributed by atoms with E-state index in [1.165, 1.54) is 0 Å². The molecule has 0 N–H and O–H groups in total. The Bertz CT molecular complexity index is 230. The molecule has 0 spiro atoms. The van der Waals surface area contributed by atoms with Gasteiger partial charge in [0.05, 0.1) is 10.2 Å². The van der Waals surface area contributed by atoms with Crippen LogP contribution in [0.4, 0.5) is 0 Å². The lowest BCUT2D eigenvalue weighted by molar-refractivity contribution is 0.330. The molecule has 1 aromatic carbocycles. The van der Waals surface area contributed by atoms with Crippen molar-refractivity contribution in [2.75, 3.05) is 6.61 Å². The summed E-state index contributed by atoms with van der Waals surface area (Å²) in [6.07, 6.45) is 0. The van der Waals surface area contributed by atoms with Gasteiger partial charge in [-0.1, -0.05) is 6.07 Å². The minimum absolute atomic E-state index is 0.688. The third kappa shape index (κ3) is 2.27. The summed E-state index contributed by atoms with van der Waals surface area (Å²) in [5.74, 6) is 0.888. The largest absolute Gasteiger partial charge is 0.492 e. The number of hydrogen-bond donors (Lipinski definition) is 1. The van der Waals surface area contributed by atoms with Gasteiger partial charge in [0.25, 0.3) is 0 Å². The quantitative estimate of drug-likeness (QED) is 0.647. The van der Waals surface area contributed by atoms with Gasteiger partial charge in [-0.05, 0) is 41.6 Å². The van der Waals surface area contributed by atoms with Crippen LogP contribution in [0.5, 0.6) is 5.75 Å². The summed E-state index contributed by atoms with van der Waals surface area (Å²) in [5, 5.41) is 0. The van der Waals surface area contributed by atoms with Crippen molar-refractivity contribution in [2.24, 2.45) is 0 Å². The lowest BCUT2D eigenvalue weighted by Gasteiger charge is -2.07. The molecule has 0 fully saturated rings. The standard InChI is InChI=1S/C8H9IOS/c1-2-10-8-6(9)4-3-5-7(8)11/h3-5,11H,2H2,1H3. The second-order valence-corrected chi connectivity index (χ2v) is 3.67. The van der Waals surface area contributed by atoms with Crippen molar-refractivity contribution in [2.45, 2.75) is 11.8 Å². The van der Waals surface area contributed by atoms with Crippen molar-refractivity contribution in [3.63, 3.8) is 0 Å². The predicted octanol–water partition coefficient (Wildman–Crippen LogP) is 2.98. The van der Waals surface area contributed by atoms with Crippen LogP contribution in [0.25, 0.3) is 0 Å². The highest BCUT2D eigenvalue weighted by atomic mass is 127.